The highest BCUT2D eigenvalue weighted by Crippen LogP contribution is 2.23. The van der Waals surface area contributed by atoms with Gasteiger partial charge in [0.05, 0.1) is 17.7 Å². The predicted molar refractivity (Wildman–Crippen MR) is 68.9 cm³/mol. The van der Waals surface area contributed by atoms with Gasteiger partial charge in [-0.2, -0.15) is 0 Å². The smallest absolute Gasteiger partial charge is 0.260 e. The van der Waals surface area contributed by atoms with E-state index in [0.29, 0.717) is 30.5 Å². The SMILES string of the molecule is CC1CN(C(=O)COc2ccccc2Cl)CCO1. The van der Waals surface area contributed by atoms with Crippen LogP contribution >= 0.6 is 11.6 Å². The number of nitrogens with zero attached hydrogens (tertiary/aromatic N) is 1. The Morgan fingerprint density at radius 3 is 3.06 bits per heavy atom. The van der Waals surface area contributed by atoms with E-state index >= 15 is 0 Å². The summed E-state index contributed by atoms with van der Waals surface area (Å²) in [6, 6.07) is 7.12. The predicted octanol–water partition coefficient (Wildman–Crippen LogP) is 1.97. The van der Waals surface area contributed by atoms with Crippen molar-refractivity contribution in [3.8, 4) is 5.75 Å². The lowest BCUT2D eigenvalue weighted by atomic mass is 10.3. The van der Waals surface area contributed by atoms with E-state index in [1.807, 2.05) is 19.1 Å². The molecule has 0 aliphatic carbocycles. The Hall–Kier alpha value is -1.26. The van der Waals surface area contributed by atoms with Crippen LogP contribution in [0.3, 0.4) is 0 Å². The standard InChI is InChI=1S/C13H16ClNO3/c1-10-8-15(6-7-17-10)13(16)9-18-12-5-3-2-4-11(12)14/h2-5,10H,6-9H2,1H3. The normalized spacial score (nSPS) is 19.7. The van der Waals surface area contributed by atoms with Crippen LogP contribution in [0.5, 0.6) is 5.75 Å². The number of ether oxygens (including phenoxy) is 2. The molecule has 1 amide bonds. The highest BCUT2D eigenvalue weighted by Gasteiger charge is 2.21. The Bertz CT molecular complexity index is 424. The number of hydrogen-bond donors (Lipinski definition) is 0. The molecule has 1 aliphatic heterocycles. The van der Waals surface area contributed by atoms with E-state index in [4.69, 9.17) is 21.1 Å². The zero-order valence-corrected chi connectivity index (χ0v) is 11.0. The van der Waals surface area contributed by atoms with Crippen LogP contribution in [-0.4, -0.2) is 43.2 Å². The number of benzene rings is 1. The molecule has 4 nitrogen and oxygen atoms in total. The summed E-state index contributed by atoms with van der Waals surface area (Å²) in [7, 11) is 0. The monoisotopic (exact) mass is 269 g/mol. The van der Waals surface area contributed by atoms with Crippen LogP contribution in [0.1, 0.15) is 6.92 Å². The summed E-state index contributed by atoms with van der Waals surface area (Å²) >= 11 is 5.95. The number of hydrogen-bond acceptors (Lipinski definition) is 3. The Balaban J connectivity index is 1.86. The third kappa shape index (κ3) is 3.37. The molecule has 1 atom stereocenters. The van der Waals surface area contributed by atoms with E-state index in [-0.39, 0.29) is 18.6 Å². The van der Waals surface area contributed by atoms with E-state index in [1.165, 1.54) is 0 Å². The number of amides is 1. The van der Waals surface area contributed by atoms with Gasteiger partial charge in [-0.05, 0) is 19.1 Å². The fourth-order valence-corrected chi connectivity index (χ4v) is 2.03. The number of carbonyl (C=O) groups excluding carboxylic acids is 1. The van der Waals surface area contributed by atoms with Crippen LogP contribution in [0.4, 0.5) is 0 Å². The summed E-state index contributed by atoms with van der Waals surface area (Å²) in [5, 5.41) is 0.514. The summed E-state index contributed by atoms with van der Waals surface area (Å²) in [6.45, 7) is 3.78. The molecule has 0 bridgehead atoms. The summed E-state index contributed by atoms with van der Waals surface area (Å²) in [5.74, 6) is 0.499. The van der Waals surface area contributed by atoms with Gasteiger partial charge in [-0.25, -0.2) is 0 Å². The van der Waals surface area contributed by atoms with Gasteiger partial charge in [-0.3, -0.25) is 4.79 Å². The molecule has 0 saturated carbocycles. The number of morpholine rings is 1. The van der Waals surface area contributed by atoms with Gasteiger partial charge in [0.15, 0.2) is 6.61 Å². The van der Waals surface area contributed by atoms with Crippen molar-refractivity contribution < 1.29 is 14.3 Å². The van der Waals surface area contributed by atoms with E-state index < -0.39 is 0 Å². The van der Waals surface area contributed by atoms with Crippen molar-refractivity contribution >= 4 is 17.5 Å². The average molecular weight is 270 g/mol. The molecule has 1 aliphatic rings. The first kappa shape index (κ1) is 13.2. The van der Waals surface area contributed by atoms with Gasteiger partial charge in [0.1, 0.15) is 5.75 Å². The second-order valence-corrected chi connectivity index (χ2v) is 4.65. The molecule has 98 valence electrons. The highest BCUT2D eigenvalue weighted by atomic mass is 35.5. The van der Waals surface area contributed by atoms with Crippen molar-refractivity contribution in [1.82, 2.24) is 4.90 Å². The number of rotatable bonds is 3. The molecule has 5 heteroatoms. The van der Waals surface area contributed by atoms with E-state index in [1.54, 1.807) is 17.0 Å². The molecule has 1 fully saturated rings. The van der Waals surface area contributed by atoms with Crippen molar-refractivity contribution in [3.05, 3.63) is 29.3 Å². The van der Waals surface area contributed by atoms with Gasteiger partial charge in [-0.1, -0.05) is 23.7 Å². The van der Waals surface area contributed by atoms with Crippen LogP contribution in [0, 0.1) is 0 Å². The van der Waals surface area contributed by atoms with Crippen LogP contribution < -0.4 is 4.74 Å². The third-order valence-electron chi connectivity index (χ3n) is 2.78. The average Bonchev–Trinajstić information content (AvgIpc) is 2.37. The lowest BCUT2D eigenvalue weighted by Crippen LogP contribution is -2.46. The first-order valence-electron chi connectivity index (χ1n) is 5.93. The zero-order chi connectivity index (χ0) is 13.0. The quantitative estimate of drug-likeness (QED) is 0.842. The maximum absolute atomic E-state index is 11.9. The molecule has 1 aromatic carbocycles. The minimum Gasteiger partial charge on any atom is -0.482 e. The fraction of sp³-hybridized carbons (Fsp3) is 0.462. The van der Waals surface area contributed by atoms with E-state index in [2.05, 4.69) is 0 Å². The second kappa shape index (κ2) is 6.07. The van der Waals surface area contributed by atoms with Gasteiger partial charge >= 0.3 is 0 Å². The largest absolute Gasteiger partial charge is 0.482 e. The lowest BCUT2D eigenvalue weighted by Gasteiger charge is -2.31. The number of para-hydroxylation sites is 1. The van der Waals surface area contributed by atoms with Crippen LogP contribution in [0.25, 0.3) is 0 Å². The Kier molecular flexibility index (Phi) is 4.44. The molecule has 0 spiro atoms. The molecular weight excluding hydrogens is 254 g/mol. The summed E-state index contributed by atoms with van der Waals surface area (Å²) < 4.78 is 10.8. The summed E-state index contributed by atoms with van der Waals surface area (Å²) in [6.07, 6.45) is 0.0861. The van der Waals surface area contributed by atoms with Crippen LogP contribution in [0.15, 0.2) is 24.3 Å². The van der Waals surface area contributed by atoms with Crippen molar-refractivity contribution in [2.75, 3.05) is 26.3 Å². The molecule has 2 rings (SSSR count). The third-order valence-corrected chi connectivity index (χ3v) is 3.09. The summed E-state index contributed by atoms with van der Waals surface area (Å²) in [5.41, 5.74) is 0. The Morgan fingerprint density at radius 1 is 1.56 bits per heavy atom. The van der Waals surface area contributed by atoms with Crippen molar-refractivity contribution in [1.29, 1.82) is 0 Å². The lowest BCUT2D eigenvalue weighted by molar-refractivity contribution is -0.140. The first-order chi connectivity index (χ1) is 8.66. The molecule has 0 aromatic heterocycles. The highest BCUT2D eigenvalue weighted by molar-refractivity contribution is 6.32. The van der Waals surface area contributed by atoms with E-state index in [0.717, 1.165) is 0 Å². The van der Waals surface area contributed by atoms with Crippen molar-refractivity contribution in [2.24, 2.45) is 0 Å². The second-order valence-electron chi connectivity index (χ2n) is 4.24. The first-order valence-corrected chi connectivity index (χ1v) is 6.31. The topological polar surface area (TPSA) is 38.8 Å². The van der Waals surface area contributed by atoms with Gasteiger partial charge < -0.3 is 14.4 Å². The maximum Gasteiger partial charge on any atom is 0.260 e. The number of halogens is 1. The Labute approximate surface area is 111 Å². The molecule has 0 N–H and O–H groups in total. The fourth-order valence-electron chi connectivity index (χ4n) is 1.84. The van der Waals surface area contributed by atoms with Gasteiger partial charge in [0.2, 0.25) is 0 Å². The Morgan fingerprint density at radius 2 is 2.33 bits per heavy atom. The van der Waals surface area contributed by atoms with Crippen LogP contribution in [-0.2, 0) is 9.53 Å². The molecule has 1 aromatic rings. The summed E-state index contributed by atoms with van der Waals surface area (Å²) in [4.78, 5) is 13.7. The van der Waals surface area contributed by atoms with Gasteiger partial charge in [-0.15, -0.1) is 0 Å². The molecule has 18 heavy (non-hydrogen) atoms. The molecule has 1 saturated heterocycles. The van der Waals surface area contributed by atoms with Gasteiger partial charge in [0.25, 0.3) is 5.91 Å². The van der Waals surface area contributed by atoms with Crippen molar-refractivity contribution in [3.63, 3.8) is 0 Å². The van der Waals surface area contributed by atoms with E-state index in [9.17, 15) is 4.79 Å². The molecule has 0 radical (unpaired) electrons. The van der Waals surface area contributed by atoms with Gasteiger partial charge in [0, 0.05) is 13.1 Å². The molecular formula is C13H16ClNO3. The molecule has 1 heterocycles. The number of carbonyl (C=O) groups is 1. The maximum atomic E-state index is 11.9. The minimum absolute atomic E-state index is 0.0104. The van der Waals surface area contributed by atoms with Crippen LogP contribution in [0.2, 0.25) is 5.02 Å². The minimum atomic E-state index is -0.0370. The zero-order valence-electron chi connectivity index (χ0n) is 10.3. The van der Waals surface area contributed by atoms with Crippen molar-refractivity contribution in [2.45, 2.75) is 13.0 Å². The molecule has 1 unspecified atom stereocenters.